The van der Waals surface area contributed by atoms with E-state index in [4.69, 9.17) is 0 Å². The van der Waals surface area contributed by atoms with Crippen molar-refractivity contribution in [1.82, 2.24) is 19.7 Å². The van der Waals surface area contributed by atoms with Gasteiger partial charge in [-0.1, -0.05) is 43.2 Å². The van der Waals surface area contributed by atoms with Crippen molar-refractivity contribution in [1.29, 1.82) is 0 Å². The van der Waals surface area contributed by atoms with Gasteiger partial charge in [-0.15, -0.1) is 0 Å². The lowest BCUT2D eigenvalue weighted by atomic mass is 10.2. The summed E-state index contributed by atoms with van der Waals surface area (Å²) in [5.74, 6) is 0.492. The molecule has 0 unspecified atom stereocenters. The first-order chi connectivity index (χ1) is 11.3. The molecule has 1 aliphatic carbocycles. The van der Waals surface area contributed by atoms with Crippen LogP contribution in [-0.4, -0.2) is 19.7 Å². The number of benzene rings is 1. The van der Waals surface area contributed by atoms with Crippen LogP contribution in [0.25, 0.3) is 11.0 Å². The van der Waals surface area contributed by atoms with Gasteiger partial charge in [0.25, 0.3) is 5.56 Å². The Hall–Kier alpha value is -2.63. The Balaban J connectivity index is 1.65. The molecule has 1 aromatic carbocycles. The van der Waals surface area contributed by atoms with Crippen LogP contribution in [0.2, 0.25) is 0 Å². The fourth-order valence-electron chi connectivity index (χ4n) is 3.22. The Bertz CT molecular complexity index is 862. The van der Waals surface area contributed by atoms with Crippen molar-refractivity contribution in [2.45, 2.75) is 38.3 Å². The van der Waals surface area contributed by atoms with Crippen molar-refractivity contribution in [3.63, 3.8) is 0 Å². The lowest BCUT2D eigenvalue weighted by Crippen LogP contribution is -2.15. The van der Waals surface area contributed by atoms with Crippen LogP contribution in [0.15, 0.2) is 41.3 Å². The van der Waals surface area contributed by atoms with Crippen molar-refractivity contribution in [3.8, 4) is 0 Å². The molecule has 0 saturated heterocycles. The predicted molar refractivity (Wildman–Crippen MR) is 89.4 cm³/mol. The number of hydrogen-bond acceptors (Lipinski definition) is 4. The van der Waals surface area contributed by atoms with Gasteiger partial charge in [-0.25, -0.2) is 4.68 Å². The number of H-pyrrole nitrogens is 1. The Morgan fingerprint density at radius 1 is 1.22 bits per heavy atom. The second-order valence-corrected chi connectivity index (χ2v) is 6.02. The molecule has 3 aromatic rings. The molecule has 2 heterocycles. The predicted octanol–water partition coefficient (Wildman–Crippen LogP) is 2.85. The van der Waals surface area contributed by atoms with Crippen molar-refractivity contribution in [3.05, 3.63) is 52.4 Å². The first-order valence-corrected chi connectivity index (χ1v) is 8.06. The van der Waals surface area contributed by atoms with Gasteiger partial charge in [0.2, 0.25) is 5.95 Å². The average Bonchev–Trinajstić information content (AvgIpc) is 3.23. The number of aromatic nitrogens is 4. The Morgan fingerprint density at radius 2 is 2.00 bits per heavy atom. The van der Waals surface area contributed by atoms with E-state index in [1.54, 1.807) is 6.20 Å². The Morgan fingerprint density at radius 3 is 2.78 bits per heavy atom. The summed E-state index contributed by atoms with van der Waals surface area (Å²) in [7, 11) is 0. The number of hydrogen-bond donors (Lipinski definition) is 2. The number of aromatic amines is 1. The molecule has 1 saturated carbocycles. The summed E-state index contributed by atoms with van der Waals surface area (Å²) in [6.07, 6.45) is 6.28. The molecule has 0 bridgehead atoms. The van der Waals surface area contributed by atoms with Gasteiger partial charge >= 0.3 is 0 Å². The third kappa shape index (κ3) is 2.72. The van der Waals surface area contributed by atoms with E-state index in [1.807, 2.05) is 35.0 Å². The van der Waals surface area contributed by atoms with E-state index in [0.717, 1.165) is 18.4 Å². The van der Waals surface area contributed by atoms with E-state index < -0.39 is 0 Å². The highest BCUT2D eigenvalue weighted by Crippen LogP contribution is 2.30. The summed E-state index contributed by atoms with van der Waals surface area (Å²) in [5, 5.41) is 8.16. The zero-order valence-corrected chi connectivity index (χ0v) is 12.8. The molecule has 2 N–H and O–H groups in total. The monoisotopic (exact) mass is 309 g/mol. The molecule has 23 heavy (non-hydrogen) atoms. The SMILES string of the molecule is O=c1[nH]c(NCc2ccccc2)nc2c1cnn2C1CCCC1. The van der Waals surface area contributed by atoms with E-state index in [1.165, 1.54) is 12.8 Å². The maximum Gasteiger partial charge on any atom is 0.263 e. The highest BCUT2D eigenvalue weighted by atomic mass is 16.1. The molecule has 118 valence electrons. The minimum atomic E-state index is -0.144. The molecular formula is C17H19N5O. The quantitative estimate of drug-likeness (QED) is 0.777. The largest absolute Gasteiger partial charge is 0.352 e. The van der Waals surface area contributed by atoms with Gasteiger partial charge in [0.15, 0.2) is 5.65 Å². The number of rotatable bonds is 4. The molecule has 2 aromatic heterocycles. The van der Waals surface area contributed by atoms with Crippen LogP contribution in [0.1, 0.15) is 37.3 Å². The van der Waals surface area contributed by atoms with Gasteiger partial charge in [0, 0.05) is 6.54 Å². The van der Waals surface area contributed by atoms with Gasteiger partial charge in [0.1, 0.15) is 5.39 Å². The molecule has 6 nitrogen and oxygen atoms in total. The highest BCUT2D eigenvalue weighted by Gasteiger charge is 2.21. The molecule has 0 amide bonds. The van der Waals surface area contributed by atoms with Gasteiger partial charge in [-0.05, 0) is 18.4 Å². The van der Waals surface area contributed by atoms with Crippen LogP contribution in [-0.2, 0) is 6.54 Å². The molecule has 1 fully saturated rings. The molecule has 0 aliphatic heterocycles. The van der Waals surface area contributed by atoms with Crippen molar-refractivity contribution in [2.24, 2.45) is 0 Å². The van der Waals surface area contributed by atoms with Crippen LogP contribution in [0.5, 0.6) is 0 Å². The second kappa shape index (κ2) is 5.87. The zero-order valence-electron chi connectivity index (χ0n) is 12.8. The maximum absolute atomic E-state index is 12.3. The van der Waals surface area contributed by atoms with E-state index >= 15 is 0 Å². The fourth-order valence-corrected chi connectivity index (χ4v) is 3.22. The van der Waals surface area contributed by atoms with E-state index in [2.05, 4.69) is 20.4 Å². The first kappa shape index (κ1) is 14.0. The summed E-state index contributed by atoms with van der Waals surface area (Å²) < 4.78 is 1.92. The smallest absolute Gasteiger partial charge is 0.263 e. The molecule has 4 rings (SSSR count). The Kier molecular flexibility index (Phi) is 3.57. The number of nitrogens with one attached hydrogen (secondary N) is 2. The molecule has 0 atom stereocenters. The Labute approximate surface area is 133 Å². The first-order valence-electron chi connectivity index (χ1n) is 8.06. The molecule has 0 spiro atoms. The van der Waals surface area contributed by atoms with Gasteiger partial charge in [0.05, 0.1) is 12.2 Å². The van der Waals surface area contributed by atoms with Crippen molar-refractivity contribution < 1.29 is 0 Å². The molecule has 1 aliphatic rings. The summed E-state index contributed by atoms with van der Waals surface area (Å²) in [6, 6.07) is 10.4. The van der Waals surface area contributed by atoms with Crippen molar-refractivity contribution >= 4 is 17.0 Å². The topological polar surface area (TPSA) is 75.6 Å². The lowest BCUT2D eigenvalue weighted by molar-refractivity contribution is 0.478. The highest BCUT2D eigenvalue weighted by molar-refractivity contribution is 5.74. The maximum atomic E-state index is 12.3. The molecular weight excluding hydrogens is 290 g/mol. The molecule has 0 radical (unpaired) electrons. The van der Waals surface area contributed by atoms with Crippen LogP contribution >= 0.6 is 0 Å². The third-order valence-electron chi connectivity index (χ3n) is 4.44. The van der Waals surface area contributed by atoms with E-state index in [0.29, 0.717) is 29.6 Å². The van der Waals surface area contributed by atoms with Crippen LogP contribution < -0.4 is 10.9 Å². The van der Waals surface area contributed by atoms with Crippen LogP contribution in [0.4, 0.5) is 5.95 Å². The van der Waals surface area contributed by atoms with E-state index in [9.17, 15) is 4.79 Å². The van der Waals surface area contributed by atoms with Crippen LogP contribution in [0, 0.1) is 0 Å². The minimum absolute atomic E-state index is 0.144. The normalized spacial score (nSPS) is 15.3. The lowest BCUT2D eigenvalue weighted by Gasteiger charge is -2.11. The fraction of sp³-hybridized carbons (Fsp3) is 0.353. The molecule has 6 heteroatoms. The number of fused-ring (bicyclic) bond motifs is 1. The summed E-state index contributed by atoms with van der Waals surface area (Å²) in [5.41, 5.74) is 1.67. The average molecular weight is 309 g/mol. The second-order valence-electron chi connectivity index (χ2n) is 6.02. The van der Waals surface area contributed by atoms with Crippen molar-refractivity contribution in [2.75, 3.05) is 5.32 Å². The summed E-state index contributed by atoms with van der Waals surface area (Å²) in [4.78, 5) is 19.6. The van der Waals surface area contributed by atoms with Gasteiger partial charge in [-0.3, -0.25) is 9.78 Å². The third-order valence-corrected chi connectivity index (χ3v) is 4.44. The minimum Gasteiger partial charge on any atom is -0.352 e. The summed E-state index contributed by atoms with van der Waals surface area (Å²) >= 11 is 0. The summed E-state index contributed by atoms with van der Waals surface area (Å²) in [6.45, 7) is 0.618. The van der Waals surface area contributed by atoms with Gasteiger partial charge < -0.3 is 5.32 Å². The van der Waals surface area contributed by atoms with Gasteiger partial charge in [-0.2, -0.15) is 10.1 Å². The van der Waals surface area contributed by atoms with Crippen LogP contribution in [0.3, 0.4) is 0 Å². The zero-order chi connectivity index (χ0) is 15.6. The number of nitrogens with zero attached hydrogens (tertiary/aromatic N) is 3. The van der Waals surface area contributed by atoms with E-state index in [-0.39, 0.29) is 5.56 Å². The standard InChI is InChI=1S/C17H19N5O/c23-16-14-11-19-22(13-8-4-5-9-13)15(14)20-17(21-16)18-10-12-6-2-1-3-7-12/h1-3,6-7,11,13H,4-5,8-10H2,(H2,18,20,21,23). The number of anilines is 1.